The molecule has 3 heteroatoms. The van der Waals surface area contributed by atoms with Crippen LogP contribution < -0.4 is 24.8 Å². The summed E-state index contributed by atoms with van der Waals surface area (Å²) in [5.74, 6) is 1.48. The molecule has 2 unspecified atom stereocenters. The molecule has 2 atom stereocenters. The van der Waals surface area contributed by atoms with Gasteiger partial charge in [-0.2, -0.15) is 11.8 Å². The van der Waals surface area contributed by atoms with Gasteiger partial charge in [-0.1, -0.05) is 91.9 Å². The van der Waals surface area contributed by atoms with Crippen LogP contribution >= 0.6 is 0 Å². The first kappa shape index (κ1) is 28.7. The zero-order chi connectivity index (χ0) is 14.8. The van der Waals surface area contributed by atoms with E-state index in [1.807, 2.05) is 0 Å². The van der Waals surface area contributed by atoms with Gasteiger partial charge >= 0.3 is 26.2 Å². The minimum atomic E-state index is 0. The third kappa shape index (κ3) is 13.9. The molecule has 0 saturated heterocycles. The second-order valence-corrected chi connectivity index (χ2v) is 6.58. The fourth-order valence-electron chi connectivity index (χ4n) is 2.94. The van der Waals surface area contributed by atoms with Crippen molar-refractivity contribution in [1.82, 2.24) is 0 Å². The molecule has 0 fully saturated rings. The van der Waals surface area contributed by atoms with Crippen LogP contribution in [-0.4, -0.2) is 0 Å². The molecule has 0 nitrogen and oxygen atoms in total. The average molecular weight is 437 g/mol. The Hall–Kier alpha value is 0.943. The Morgan fingerprint density at radius 2 is 1.13 bits per heavy atom. The molecule has 2 aliphatic rings. The third-order valence-electron chi connectivity index (χ3n) is 4.32. The van der Waals surface area contributed by atoms with Gasteiger partial charge in [-0.15, -0.1) is 0 Å². The number of halogens is 2. The van der Waals surface area contributed by atoms with Gasteiger partial charge in [0.15, 0.2) is 0 Å². The van der Waals surface area contributed by atoms with Crippen LogP contribution in [0.4, 0.5) is 0 Å². The predicted molar refractivity (Wildman–Crippen MR) is 89.4 cm³/mol. The SMILES string of the molecule is CCCCC1=[C-]C(C)CC1.CCCCC1=[C-]C(C)CC1.[Cl-].[Cl-].[Zr+4]. The molecule has 0 N–H and O–H groups in total. The van der Waals surface area contributed by atoms with Crippen molar-refractivity contribution in [2.75, 3.05) is 0 Å². The van der Waals surface area contributed by atoms with E-state index in [0.29, 0.717) is 0 Å². The Morgan fingerprint density at radius 1 is 0.783 bits per heavy atom. The summed E-state index contributed by atoms with van der Waals surface area (Å²) in [7, 11) is 0. The number of hydrogen-bond acceptors (Lipinski definition) is 0. The summed E-state index contributed by atoms with van der Waals surface area (Å²) in [6, 6.07) is 0. The molecule has 0 aromatic rings. The molecule has 0 aromatic carbocycles. The number of rotatable bonds is 6. The summed E-state index contributed by atoms with van der Waals surface area (Å²) in [5, 5.41) is 0. The summed E-state index contributed by atoms with van der Waals surface area (Å²) in [6.45, 7) is 9.02. The standard InChI is InChI=1S/2C10H17.2ClH.Zr/c2*1-3-4-5-10-7-6-9(2)8-10;;;/h2*9H,3-7H2,1-2H3;2*1H;/q2*-1;;;+4/p-2. The van der Waals surface area contributed by atoms with E-state index in [4.69, 9.17) is 0 Å². The van der Waals surface area contributed by atoms with E-state index in [-0.39, 0.29) is 51.0 Å². The first-order valence-corrected chi connectivity index (χ1v) is 8.88. The van der Waals surface area contributed by atoms with Crippen LogP contribution in [0, 0.1) is 24.0 Å². The quantitative estimate of drug-likeness (QED) is 0.537. The Bertz CT molecular complexity index is 292. The largest absolute Gasteiger partial charge is 4.00 e. The Balaban J connectivity index is -0.000000308. The van der Waals surface area contributed by atoms with E-state index in [1.165, 1.54) is 64.2 Å². The van der Waals surface area contributed by atoms with Crippen LogP contribution in [0.1, 0.15) is 91.9 Å². The summed E-state index contributed by atoms with van der Waals surface area (Å²) in [4.78, 5) is 0. The summed E-state index contributed by atoms with van der Waals surface area (Å²) >= 11 is 0. The number of allylic oxidation sites excluding steroid dienone is 4. The van der Waals surface area contributed by atoms with E-state index in [9.17, 15) is 0 Å². The third-order valence-corrected chi connectivity index (χ3v) is 4.32. The molecule has 0 aromatic heterocycles. The van der Waals surface area contributed by atoms with Crippen molar-refractivity contribution in [3.63, 3.8) is 0 Å². The maximum atomic E-state index is 3.51. The summed E-state index contributed by atoms with van der Waals surface area (Å²) in [6.07, 6.45) is 20.3. The molecule has 0 bridgehead atoms. The first-order chi connectivity index (χ1) is 9.65. The predicted octanol–water partition coefficient (Wildman–Crippen LogP) is 0.678. The van der Waals surface area contributed by atoms with Gasteiger partial charge in [0, 0.05) is 0 Å². The molecular formula is C20H34Cl2Zr. The fraction of sp³-hybridized carbons (Fsp3) is 0.800. The molecule has 0 heterocycles. The van der Waals surface area contributed by atoms with E-state index in [0.717, 1.165) is 11.8 Å². The zero-order valence-corrected chi connectivity index (χ0v) is 19.5. The monoisotopic (exact) mass is 434 g/mol. The van der Waals surface area contributed by atoms with Crippen molar-refractivity contribution >= 4 is 0 Å². The molecule has 132 valence electrons. The normalized spacial score (nSPS) is 21.7. The van der Waals surface area contributed by atoms with Gasteiger partial charge in [-0.3, -0.25) is 11.1 Å². The molecule has 0 amide bonds. The van der Waals surface area contributed by atoms with Crippen molar-refractivity contribution in [3.05, 3.63) is 23.3 Å². The Kier molecular flexibility index (Phi) is 22.2. The smallest absolute Gasteiger partial charge is 1.00 e. The molecule has 0 spiro atoms. The minimum Gasteiger partial charge on any atom is -1.00 e. The van der Waals surface area contributed by atoms with Crippen molar-refractivity contribution in [2.45, 2.75) is 91.9 Å². The van der Waals surface area contributed by atoms with Crippen LogP contribution in [0.15, 0.2) is 11.1 Å². The topological polar surface area (TPSA) is 0 Å². The van der Waals surface area contributed by atoms with Gasteiger partial charge in [0.25, 0.3) is 0 Å². The van der Waals surface area contributed by atoms with E-state index >= 15 is 0 Å². The Labute approximate surface area is 177 Å². The second kappa shape index (κ2) is 17.8. The van der Waals surface area contributed by atoms with Gasteiger partial charge < -0.3 is 37.0 Å². The van der Waals surface area contributed by atoms with Gasteiger partial charge in [0.2, 0.25) is 0 Å². The van der Waals surface area contributed by atoms with E-state index in [2.05, 4.69) is 39.8 Å². The van der Waals surface area contributed by atoms with Crippen LogP contribution in [0.3, 0.4) is 0 Å². The zero-order valence-electron chi connectivity index (χ0n) is 15.5. The number of unbranched alkanes of at least 4 members (excludes halogenated alkanes) is 2. The fourth-order valence-corrected chi connectivity index (χ4v) is 2.94. The molecule has 0 aliphatic heterocycles. The van der Waals surface area contributed by atoms with Crippen molar-refractivity contribution < 1.29 is 51.0 Å². The molecule has 0 saturated carbocycles. The van der Waals surface area contributed by atoms with E-state index in [1.54, 1.807) is 11.1 Å². The molecule has 0 radical (unpaired) electrons. The minimum absolute atomic E-state index is 0. The number of hydrogen-bond donors (Lipinski definition) is 0. The van der Waals surface area contributed by atoms with E-state index < -0.39 is 0 Å². The van der Waals surface area contributed by atoms with Crippen LogP contribution in [0.5, 0.6) is 0 Å². The maximum Gasteiger partial charge on any atom is 4.00 e. The van der Waals surface area contributed by atoms with Gasteiger partial charge in [-0.25, -0.2) is 0 Å². The second-order valence-electron chi connectivity index (χ2n) is 6.58. The molecule has 2 aliphatic carbocycles. The van der Waals surface area contributed by atoms with Gasteiger partial charge in [-0.05, 0) is 0 Å². The molecule has 23 heavy (non-hydrogen) atoms. The summed E-state index contributed by atoms with van der Waals surface area (Å²) < 4.78 is 0. The van der Waals surface area contributed by atoms with Gasteiger partial charge in [0.05, 0.1) is 0 Å². The average Bonchev–Trinajstić information content (AvgIpc) is 3.03. The van der Waals surface area contributed by atoms with Crippen molar-refractivity contribution in [3.8, 4) is 0 Å². The summed E-state index contributed by atoms with van der Waals surface area (Å²) in [5.41, 5.74) is 3.18. The van der Waals surface area contributed by atoms with Crippen molar-refractivity contribution in [1.29, 1.82) is 0 Å². The van der Waals surface area contributed by atoms with Crippen LogP contribution in [-0.2, 0) is 26.2 Å². The first-order valence-electron chi connectivity index (χ1n) is 8.88. The van der Waals surface area contributed by atoms with Gasteiger partial charge in [0.1, 0.15) is 0 Å². The van der Waals surface area contributed by atoms with Crippen molar-refractivity contribution in [2.24, 2.45) is 11.8 Å². The van der Waals surface area contributed by atoms with Crippen LogP contribution in [0.2, 0.25) is 0 Å². The molecule has 2 rings (SSSR count). The molecular weight excluding hydrogens is 402 g/mol. The Morgan fingerprint density at radius 3 is 1.35 bits per heavy atom. The maximum absolute atomic E-state index is 3.51. The van der Waals surface area contributed by atoms with Crippen LogP contribution in [0.25, 0.3) is 0 Å².